The molecule has 3 rings (SSSR count). The number of benzene rings is 2. The molecular weight excluding hydrogens is 318 g/mol. The molecule has 0 aliphatic rings. The molecule has 2 amide bonds. The Hall–Kier alpha value is -3.28. The highest BCUT2D eigenvalue weighted by atomic mass is 16.5. The first kappa shape index (κ1) is 16.6. The number of nitrogens with zero attached hydrogens (tertiary/aromatic N) is 1. The SMILES string of the molecule is CCOc1ccccc1C(=O)NNC(=O)c1cn(C)c2ccccc12. The van der Waals surface area contributed by atoms with Crippen LogP contribution in [0.5, 0.6) is 5.75 Å². The van der Waals surface area contributed by atoms with E-state index in [-0.39, 0.29) is 5.91 Å². The van der Waals surface area contributed by atoms with Crippen molar-refractivity contribution in [3.8, 4) is 5.75 Å². The van der Waals surface area contributed by atoms with Gasteiger partial charge < -0.3 is 9.30 Å². The summed E-state index contributed by atoms with van der Waals surface area (Å²) < 4.78 is 7.31. The van der Waals surface area contributed by atoms with Gasteiger partial charge in [-0.3, -0.25) is 20.4 Å². The molecule has 0 atom stereocenters. The molecule has 0 unspecified atom stereocenters. The van der Waals surface area contributed by atoms with Crippen molar-refractivity contribution in [2.45, 2.75) is 6.92 Å². The lowest BCUT2D eigenvalue weighted by Gasteiger charge is -2.11. The molecule has 3 aromatic rings. The number of nitrogens with one attached hydrogen (secondary N) is 2. The average Bonchev–Trinajstić information content (AvgIpc) is 2.97. The molecule has 0 saturated heterocycles. The van der Waals surface area contributed by atoms with Gasteiger partial charge in [-0.1, -0.05) is 30.3 Å². The second kappa shape index (κ2) is 7.09. The van der Waals surface area contributed by atoms with E-state index in [2.05, 4.69) is 10.9 Å². The van der Waals surface area contributed by atoms with Gasteiger partial charge in [0.25, 0.3) is 11.8 Å². The van der Waals surface area contributed by atoms with E-state index in [1.807, 2.05) is 42.8 Å². The zero-order valence-corrected chi connectivity index (χ0v) is 14.1. The minimum Gasteiger partial charge on any atom is -0.493 e. The molecule has 0 spiro atoms. The van der Waals surface area contributed by atoms with Crippen molar-refractivity contribution < 1.29 is 14.3 Å². The highest BCUT2D eigenvalue weighted by Gasteiger charge is 2.16. The Morgan fingerprint density at radius 3 is 2.36 bits per heavy atom. The van der Waals surface area contributed by atoms with Crippen LogP contribution in [0, 0.1) is 0 Å². The van der Waals surface area contributed by atoms with Crippen LogP contribution in [0.4, 0.5) is 0 Å². The van der Waals surface area contributed by atoms with Gasteiger partial charge in [-0.25, -0.2) is 0 Å². The zero-order chi connectivity index (χ0) is 17.8. The number of hydrazine groups is 1. The molecule has 25 heavy (non-hydrogen) atoms. The molecular formula is C19H19N3O3. The molecule has 1 aromatic heterocycles. The summed E-state index contributed by atoms with van der Waals surface area (Å²) in [6, 6.07) is 14.5. The number of carbonyl (C=O) groups is 2. The number of para-hydroxylation sites is 2. The van der Waals surface area contributed by atoms with E-state index < -0.39 is 5.91 Å². The summed E-state index contributed by atoms with van der Waals surface area (Å²) >= 11 is 0. The second-order valence-corrected chi connectivity index (χ2v) is 5.51. The lowest BCUT2D eigenvalue weighted by Crippen LogP contribution is -2.41. The number of aromatic nitrogens is 1. The summed E-state index contributed by atoms with van der Waals surface area (Å²) in [7, 11) is 1.87. The summed E-state index contributed by atoms with van der Waals surface area (Å²) in [6.07, 6.45) is 1.74. The second-order valence-electron chi connectivity index (χ2n) is 5.51. The quantitative estimate of drug-likeness (QED) is 0.719. The number of aryl methyl sites for hydroxylation is 1. The van der Waals surface area contributed by atoms with Crippen molar-refractivity contribution in [2.24, 2.45) is 7.05 Å². The van der Waals surface area contributed by atoms with E-state index in [0.717, 1.165) is 10.9 Å². The summed E-state index contributed by atoms with van der Waals surface area (Å²) in [6.45, 7) is 2.30. The van der Waals surface area contributed by atoms with Gasteiger partial charge in [-0.05, 0) is 25.1 Å². The number of ether oxygens (including phenoxy) is 1. The molecule has 2 aromatic carbocycles. The van der Waals surface area contributed by atoms with Gasteiger partial charge in [-0.15, -0.1) is 0 Å². The van der Waals surface area contributed by atoms with Crippen molar-refractivity contribution in [3.05, 3.63) is 65.9 Å². The van der Waals surface area contributed by atoms with Crippen LogP contribution in [-0.4, -0.2) is 23.0 Å². The number of amides is 2. The fourth-order valence-corrected chi connectivity index (χ4v) is 2.71. The van der Waals surface area contributed by atoms with E-state index in [0.29, 0.717) is 23.5 Å². The Balaban J connectivity index is 1.75. The van der Waals surface area contributed by atoms with E-state index >= 15 is 0 Å². The van der Waals surface area contributed by atoms with Crippen LogP contribution in [-0.2, 0) is 7.05 Å². The van der Waals surface area contributed by atoms with Crippen molar-refractivity contribution in [3.63, 3.8) is 0 Å². The monoisotopic (exact) mass is 337 g/mol. The third-order valence-electron chi connectivity index (χ3n) is 3.86. The Bertz CT molecular complexity index is 931. The number of fused-ring (bicyclic) bond motifs is 1. The summed E-state index contributed by atoms with van der Waals surface area (Å²) in [5, 5.41) is 0.825. The van der Waals surface area contributed by atoms with Gasteiger partial charge in [0.05, 0.1) is 17.7 Å². The predicted octanol–water partition coefficient (Wildman–Crippen LogP) is 2.65. The lowest BCUT2D eigenvalue weighted by atomic mass is 10.1. The van der Waals surface area contributed by atoms with Gasteiger partial charge in [0.15, 0.2) is 0 Å². The van der Waals surface area contributed by atoms with Crippen LogP contribution < -0.4 is 15.6 Å². The van der Waals surface area contributed by atoms with E-state index in [9.17, 15) is 9.59 Å². The smallest absolute Gasteiger partial charge is 0.273 e. The summed E-state index contributed by atoms with van der Waals surface area (Å²) in [5.74, 6) is -0.335. The highest BCUT2D eigenvalue weighted by molar-refractivity contribution is 6.08. The van der Waals surface area contributed by atoms with Crippen molar-refractivity contribution in [2.75, 3.05) is 6.61 Å². The number of rotatable bonds is 4. The Labute approximate surface area is 145 Å². The molecule has 6 nitrogen and oxygen atoms in total. The molecule has 0 aliphatic carbocycles. The van der Waals surface area contributed by atoms with Crippen LogP contribution in [0.15, 0.2) is 54.7 Å². The van der Waals surface area contributed by atoms with Gasteiger partial charge in [0.1, 0.15) is 5.75 Å². The maximum atomic E-state index is 12.4. The van der Waals surface area contributed by atoms with Crippen molar-refractivity contribution >= 4 is 22.7 Å². The zero-order valence-electron chi connectivity index (χ0n) is 14.1. The van der Waals surface area contributed by atoms with Gasteiger partial charge in [0, 0.05) is 24.1 Å². The molecule has 2 N–H and O–H groups in total. The van der Waals surface area contributed by atoms with E-state index in [1.54, 1.807) is 30.5 Å². The Morgan fingerprint density at radius 2 is 1.60 bits per heavy atom. The molecule has 128 valence electrons. The molecule has 0 aliphatic heterocycles. The molecule has 6 heteroatoms. The lowest BCUT2D eigenvalue weighted by molar-refractivity contribution is 0.0845. The first-order valence-electron chi connectivity index (χ1n) is 7.98. The normalized spacial score (nSPS) is 10.5. The van der Waals surface area contributed by atoms with Crippen molar-refractivity contribution in [1.29, 1.82) is 0 Å². The van der Waals surface area contributed by atoms with Gasteiger partial charge in [0.2, 0.25) is 0 Å². The number of carbonyl (C=O) groups excluding carboxylic acids is 2. The maximum absolute atomic E-state index is 12.4. The summed E-state index contributed by atoms with van der Waals surface area (Å²) in [5.41, 5.74) is 6.71. The first-order valence-corrected chi connectivity index (χ1v) is 7.98. The average molecular weight is 337 g/mol. The fraction of sp³-hybridized carbons (Fsp3) is 0.158. The van der Waals surface area contributed by atoms with Gasteiger partial charge in [-0.2, -0.15) is 0 Å². The standard InChI is InChI=1S/C19H19N3O3/c1-3-25-17-11-7-5-9-14(17)18(23)20-21-19(24)15-12-22(2)16-10-6-4-8-13(15)16/h4-12H,3H2,1-2H3,(H,20,23)(H,21,24). The van der Waals surface area contributed by atoms with Crippen LogP contribution in [0.2, 0.25) is 0 Å². The number of hydrogen-bond donors (Lipinski definition) is 2. The third-order valence-corrected chi connectivity index (χ3v) is 3.86. The predicted molar refractivity (Wildman–Crippen MR) is 95.5 cm³/mol. The maximum Gasteiger partial charge on any atom is 0.273 e. The van der Waals surface area contributed by atoms with Crippen molar-refractivity contribution in [1.82, 2.24) is 15.4 Å². The van der Waals surface area contributed by atoms with Gasteiger partial charge >= 0.3 is 0 Å². The Morgan fingerprint density at radius 1 is 0.960 bits per heavy atom. The minimum atomic E-state index is -0.433. The molecule has 0 radical (unpaired) electrons. The minimum absolute atomic E-state index is 0.363. The van der Waals surface area contributed by atoms with Crippen LogP contribution in [0.3, 0.4) is 0 Å². The van der Waals surface area contributed by atoms with E-state index in [1.165, 1.54) is 0 Å². The van der Waals surface area contributed by atoms with Crippen LogP contribution in [0.1, 0.15) is 27.6 Å². The number of hydrogen-bond acceptors (Lipinski definition) is 3. The molecule has 0 saturated carbocycles. The first-order chi connectivity index (χ1) is 12.1. The largest absolute Gasteiger partial charge is 0.493 e. The van der Waals surface area contributed by atoms with E-state index in [4.69, 9.17) is 4.74 Å². The molecule has 1 heterocycles. The van der Waals surface area contributed by atoms with Crippen LogP contribution in [0.25, 0.3) is 10.9 Å². The highest BCUT2D eigenvalue weighted by Crippen LogP contribution is 2.20. The molecule has 0 fully saturated rings. The Kier molecular flexibility index (Phi) is 4.70. The fourth-order valence-electron chi connectivity index (χ4n) is 2.71. The third kappa shape index (κ3) is 3.33. The van der Waals surface area contributed by atoms with Crippen LogP contribution >= 0.6 is 0 Å². The topological polar surface area (TPSA) is 72.4 Å². The molecule has 0 bridgehead atoms. The summed E-state index contributed by atoms with van der Waals surface area (Å²) in [4.78, 5) is 24.8.